The molecular formula is C12H20N2O. The van der Waals surface area contributed by atoms with Crippen molar-refractivity contribution in [3.63, 3.8) is 0 Å². The Morgan fingerprint density at radius 1 is 1.47 bits per heavy atom. The molecular weight excluding hydrogens is 188 g/mol. The Bertz CT molecular complexity index is 276. The lowest BCUT2D eigenvalue weighted by Gasteiger charge is -2.06. The number of pyridine rings is 1. The second-order valence-electron chi connectivity index (χ2n) is 3.49. The van der Waals surface area contributed by atoms with Crippen LogP contribution in [0.15, 0.2) is 18.3 Å². The van der Waals surface area contributed by atoms with Crippen molar-refractivity contribution in [3.8, 4) is 0 Å². The lowest BCUT2D eigenvalue weighted by atomic mass is 10.2. The van der Waals surface area contributed by atoms with Crippen LogP contribution in [0.4, 0.5) is 0 Å². The first kappa shape index (κ1) is 12.1. The van der Waals surface area contributed by atoms with E-state index in [0.717, 1.165) is 38.4 Å². The van der Waals surface area contributed by atoms with Crippen molar-refractivity contribution in [2.45, 2.75) is 26.8 Å². The molecule has 0 amide bonds. The van der Waals surface area contributed by atoms with Crippen molar-refractivity contribution in [1.82, 2.24) is 10.3 Å². The summed E-state index contributed by atoms with van der Waals surface area (Å²) in [6.07, 6.45) is 2.89. The average molecular weight is 208 g/mol. The molecule has 1 aromatic rings. The van der Waals surface area contributed by atoms with E-state index in [4.69, 9.17) is 4.74 Å². The maximum atomic E-state index is 5.25. The first-order valence-corrected chi connectivity index (χ1v) is 5.53. The van der Waals surface area contributed by atoms with Gasteiger partial charge in [0.2, 0.25) is 0 Å². The molecule has 1 rings (SSSR count). The lowest BCUT2D eigenvalue weighted by Crippen LogP contribution is -2.17. The van der Waals surface area contributed by atoms with Gasteiger partial charge in [-0.05, 0) is 38.4 Å². The Hall–Kier alpha value is -0.930. The van der Waals surface area contributed by atoms with E-state index in [1.54, 1.807) is 0 Å². The summed E-state index contributed by atoms with van der Waals surface area (Å²) >= 11 is 0. The number of aromatic nitrogens is 1. The minimum absolute atomic E-state index is 0.805. The van der Waals surface area contributed by atoms with E-state index in [9.17, 15) is 0 Å². The number of nitrogens with zero attached hydrogens (tertiary/aromatic N) is 1. The fourth-order valence-corrected chi connectivity index (χ4v) is 1.35. The van der Waals surface area contributed by atoms with Crippen LogP contribution < -0.4 is 5.32 Å². The third-order valence-electron chi connectivity index (χ3n) is 2.26. The van der Waals surface area contributed by atoms with E-state index in [0.29, 0.717) is 0 Å². The summed E-state index contributed by atoms with van der Waals surface area (Å²) in [4.78, 5) is 4.32. The molecule has 0 aliphatic heterocycles. The molecule has 0 aliphatic rings. The quantitative estimate of drug-likeness (QED) is 0.695. The van der Waals surface area contributed by atoms with E-state index < -0.39 is 0 Å². The Labute approximate surface area is 91.9 Å². The normalized spacial score (nSPS) is 10.5. The Morgan fingerprint density at radius 2 is 2.33 bits per heavy atom. The summed E-state index contributed by atoms with van der Waals surface area (Å²) in [5.74, 6) is 0. The topological polar surface area (TPSA) is 34.1 Å². The molecule has 0 aromatic carbocycles. The zero-order chi connectivity index (χ0) is 10.9. The van der Waals surface area contributed by atoms with Gasteiger partial charge >= 0.3 is 0 Å². The first-order chi connectivity index (χ1) is 7.34. The summed E-state index contributed by atoms with van der Waals surface area (Å²) in [6, 6.07) is 4.05. The van der Waals surface area contributed by atoms with Crippen molar-refractivity contribution in [2.24, 2.45) is 0 Å². The van der Waals surface area contributed by atoms with Gasteiger partial charge in [0.15, 0.2) is 0 Å². The molecule has 3 heteroatoms. The summed E-state index contributed by atoms with van der Waals surface area (Å²) in [6.45, 7) is 7.58. The van der Waals surface area contributed by atoms with Gasteiger partial charge in [-0.15, -0.1) is 0 Å². The molecule has 3 nitrogen and oxygen atoms in total. The second-order valence-corrected chi connectivity index (χ2v) is 3.49. The largest absolute Gasteiger partial charge is 0.382 e. The third kappa shape index (κ3) is 4.91. The van der Waals surface area contributed by atoms with Crippen LogP contribution in [0.2, 0.25) is 0 Å². The van der Waals surface area contributed by atoms with Crippen LogP contribution in [-0.4, -0.2) is 24.7 Å². The van der Waals surface area contributed by atoms with E-state index in [-0.39, 0.29) is 0 Å². The number of ether oxygens (including phenoxy) is 1. The smallest absolute Gasteiger partial charge is 0.0570 e. The van der Waals surface area contributed by atoms with Crippen LogP contribution in [-0.2, 0) is 11.3 Å². The third-order valence-corrected chi connectivity index (χ3v) is 2.26. The highest BCUT2D eigenvalue weighted by Crippen LogP contribution is 2.01. The summed E-state index contributed by atoms with van der Waals surface area (Å²) < 4.78 is 5.25. The summed E-state index contributed by atoms with van der Waals surface area (Å²) in [5, 5.41) is 3.36. The van der Waals surface area contributed by atoms with Gasteiger partial charge in [0.1, 0.15) is 0 Å². The molecule has 0 spiro atoms. The van der Waals surface area contributed by atoms with Crippen molar-refractivity contribution in [2.75, 3.05) is 19.8 Å². The maximum Gasteiger partial charge on any atom is 0.0570 e. The van der Waals surface area contributed by atoms with Gasteiger partial charge in [0, 0.05) is 26.0 Å². The van der Waals surface area contributed by atoms with Crippen LogP contribution in [0, 0.1) is 6.92 Å². The molecule has 0 bridgehead atoms. The van der Waals surface area contributed by atoms with Crippen LogP contribution in [0.25, 0.3) is 0 Å². The molecule has 0 atom stereocenters. The average Bonchev–Trinajstić information content (AvgIpc) is 2.25. The van der Waals surface area contributed by atoms with Crippen LogP contribution in [0.3, 0.4) is 0 Å². The van der Waals surface area contributed by atoms with Gasteiger partial charge in [0.25, 0.3) is 0 Å². The van der Waals surface area contributed by atoms with E-state index in [1.165, 1.54) is 5.56 Å². The predicted molar refractivity (Wildman–Crippen MR) is 61.8 cm³/mol. The minimum Gasteiger partial charge on any atom is -0.382 e. The van der Waals surface area contributed by atoms with Crippen LogP contribution >= 0.6 is 0 Å². The molecule has 0 saturated heterocycles. The number of hydrogen-bond acceptors (Lipinski definition) is 3. The standard InChI is InChI=1S/C12H20N2O/c1-3-15-9-5-7-13-10-12-11(2)6-4-8-14-12/h4,6,8,13H,3,5,7,9-10H2,1-2H3. The molecule has 0 unspecified atom stereocenters. The molecule has 15 heavy (non-hydrogen) atoms. The molecule has 84 valence electrons. The molecule has 1 heterocycles. The van der Waals surface area contributed by atoms with Crippen molar-refractivity contribution < 1.29 is 4.74 Å². The van der Waals surface area contributed by atoms with E-state index in [2.05, 4.69) is 23.3 Å². The van der Waals surface area contributed by atoms with Gasteiger partial charge in [-0.3, -0.25) is 4.98 Å². The highest BCUT2D eigenvalue weighted by atomic mass is 16.5. The Balaban J connectivity index is 2.12. The van der Waals surface area contributed by atoms with E-state index in [1.807, 2.05) is 19.2 Å². The molecule has 0 aliphatic carbocycles. The van der Waals surface area contributed by atoms with Crippen molar-refractivity contribution in [3.05, 3.63) is 29.6 Å². The Morgan fingerprint density at radius 3 is 3.07 bits per heavy atom. The van der Waals surface area contributed by atoms with Gasteiger partial charge < -0.3 is 10.1 Å². The highest BCUT2D eigenvalue weighted by Gasteiger charge is 1.97. The number of rotatable bonds is 7. The first-order valence-electron chi connectivity index (χ1n) is 5.53. The molecule has 1 N–H and O–H groups in total. The summed E-state index contributed by atoms with van der Waals surface area (Å²) in [5.41, 5.74) is 2.38. The van der Waals surface area contributed by atoms with E-state index >= 15 is 0 Å². The predicted octanol–water partition coefficient (Wildman–Crippen LogP) is 1.91. The van der Waals surface area contributed by atoms with Crippen LogP contribution in [0.5, 0.6) is 0 Å². The lowest BCUT2D eigenvalue weighted by molar-refractivity contribution is 0.144. The zero-order valence-corrected chi connectivity index (χ0v) is 9.62. The number of nitrogens with one attached hydrogen (secondary N) is 1. The second kappa shape index (κ2) is 7.37. The van der Waals surface area contributed by atoms with Crippen molar-refractivity contribution >= 4 is 0 Å². The van der Waals surface area contributed by atoms with Crippen molar-refractivity contribution in [1.29, 1.82) is 0 Å². The van der Waals surface area contributed by atoms with Gasteiger partial charge in [-0.1, -0.05) is 6.07 Å². The number of aryl methyl sites for hydroxylation is 1. The molecule has 0 saturated carbocycles. The maximum absolute atomic E-state index is 5.25. The summed E-state index contributed by atoms with van der Waals surface area (Å²) in [7, 11) is 0. The molecule has 0 radical (unpaired) electrons. The SMILES string of the molecule is CCOCCCNCc1ncccc1C. The minimum atomic E-state index is 0.805. The molecule has 0 fully saturated rings. The monoisotopic (exact) mass is 208 g/mol. The number of hydrogen-bond donors (Lipinski definition) is 1. The fourth-order valence-electron chi connectivity index (χ4n) is 1.35. The fraction of sp³-hybridized carbons (Fsp3) is 0.583. The van der Waals surface area contributed by atoms with Crippen LogP contribution in [0.1, 0.15) is 24.6 Å². The Kier molecular flexibility index (Phi) is 5.97. The van der Waals surface area contributed by atoms with Gasteiger partial charge in [0.05, 0.1) is 5.69 Å². The molecule has 1 aromatic heterocycles. The van der Waals surface area contributed by atoms with Gasteiger partial charge in [-0.25, -0.2) is 0 Å². The highest BCUT2D eigenvalue weighted by molar-refractivity contribution is 5.17. The van der Waals surface area contributed by atoms with Gasteiger partial charge in [-0.2, -0.15) is 0 Å². The zero-order valence-electron chi connectivity index (χ0n) is 9.62.